The number of sulfone groups is 1. The lowest BCUT2D eigenvalue weighted by atomic mass is 10.1. The lowest BCUT2D eigenvalue weighted by molar-refractivity contribution is 0.0708. The highest BCUT2D eigenvalue weighted by molar-refractivity contribution is 7.91. The lowest BCUT2D eigenvalue weighted by Gasteiger charge is -2.27. The zero-order valence-electron chi connectivity index (χ0n) is 15.6. The molecule has 1 aliphatic heterocycles. The zero-order chi connectivity index (χ0) is 19.3. The maximum Gasteiger partial charge on any atom is 0.272 e. The molecule has 2 amide bonds. The monoisotopic (exact) mass is 381 g/mol. The van der Waals surface area contributed by atoms with Crippen molar-refractivity contribution >= 4 is 21.7 Å². The summed E-state index contributed by atoms with van der Waals surface area (Å²) in [7, 11) is -1.36. The maximum absolute atomic E-state index is 12.9. The van der Waals surface area contributed by atoms with Crippen molar-refractivity contribution in [1.29, 1.82) is 0 Å². The molecule has 1 unspecified atom stereocenters. The van der Waals surface area contributed by atoms with E-state index in [-0.39, 0.29) is 35.1 Å². The fourth-order valence-electron chi connectivity index (χ4n) is 3.13. The van der Waals surface area contributed by atoms with Crippen LogP contribution in [0, 0.1) is 0 Å². The van der Waals surface area contributed by atoms with Crippen LogP contribution in [0.2, 0.25) is 0 Å². The quantitative estimate of drug-likeness (QED) is 0.716. The van der Waals surface area contributed by atoms with Crippen LogP contribution < -0.4 is 0 Å². The molecule has 1 aliphatic rings. The van der Waals surface area contributed by atoms with Crippen LogP contribution in [0.5, 0.6) is 0 Å². The minimum absolute atomic E-state index is 0.00318. The molecule has 0 spiro atoms. The van der Waals surface area contributed by atoms with Gasteiger partial charge in [0.25, 0.3) is 11.8 Å². The summed E-state index contributed by atoms with van der Waals surface area (Å²) in [6, 6.07) is 2.76. The summed E-state index contributed by atoms with van der Waals surface area (Å²) >= 11 is 0. The van der Waals surface area contributed by atoms with E-state index >= 15 is 0 Å². The minimum atomic E-state index is -3.08. The number of carbonyl (C=O) groups is 2. The number of rotatable bonds is 7. The molecule has 2 rings (SSSR count). The molecule has 0 bridgehead atoms. The molecular formula is C18H27N3O4S. The van der Waals surface area contributed by atoms with Gasteiger partial charge >= 0.3 is 0 Å². The average Bonchev–Trinajstić information content (AvgIpc) is 2.99. The molecule has 1 aromatic rings. The van der Waals surface area contributed by atoms with Crippen LogP contribution >= 0.6 is 0 Å². The van der Waals surface area contributed by atoms with Gasteiger partial charge in [-0.3, -0.25) is 14.6 Å². The van der Waals surface area contributed by atoms with Crippen molar-refractivity contribution in [3.8, 4) is 0 Å². The van der Waals surface area contributed by atoms with Gasteiger partial charge in [0.2, 0.25) is 0 Å². The Morgan fingerprint density at radius 1 is 1.27 bits per heavy atom. The molecule has 1 fully saturated rings. The molecule has 1 aromatic heterocycles. The second kappa shape index (κ2) is 8.62. The maximum atomic E-state index is 12.9. The SMILES string of the molecule is CCCCN(C)C(=O)c1cc(C(=O)N(CC)C2CCS(=O)(=O)C2)ccn1. The second-order valence-electron chi connectivity index (χ2n) is 6.66. The van der Waals surface area contributed by atoms with Crippen molar-refractivity contribution in [3.63, 3.8) is 0 Å². The van der Waals surface area contributed by atoms with Crippen LogP contribution in [0.1, 0.15) is 54.0 Å². The van der Waals surface area contributed by atoms with Crippen molar-refractivity contribution < 1.29 is 18.0 Å². The summed E-state index contributed by atoms with van der Waals surface area (Å²) in [5.41, 5.74) is 0.586. The Morgan fingerprint density at radius 3 is 2.58 bits per heavy atom. The number of pyridine rings is 1. The third kappa shape index (κ3) is 4.81. The van der Waals surface area contributed by atoms with Crippen molar-refractivity contribution in [2.45, 2.75) is 39.2 Å². The smallest absolute Gasteiger partial charge is 0.272 e. The van der Waals surface area contributed by atoms with Crippen LogP contribution in [-0.4, -0.2) is 72.7 Å². The molecule has 1 saturated heterocycles. The molecule has 2 heterocycles. The van der Waals surface area contributed by atoms with Gasteiger partial charge in [-0.15, -0.1) is 0 Å². The average molecular weight is 381 g/mol. The van der Waals surface area contributed by atoms with Gasteiger partial charge in [-0.2, -0.15) is 0 Å². The Labute approximate surface area is 155 Å². The van der Waals surface area contributed by atoms with Crippen LogP contribution in [0.4, 0.5) is 0 Å². The van der Waals surface area contributed by atoms with Gasteiger partial charge in [-0.25, -0.2) is 8.42 Å². The van der Waals surface area contributed by atoms with Gasteiger partial charge < -0.3 is 9.80 Å². The Hall–Kier alpha value is -1.96. The molecule has 26 heavy (non-hydrogen) atoms. The van der Waals surface area contributed by atoms with Gasteiger partial charge in [-0.1, -0.05) is 13.3 Å². The lowest BCUT2D eigenvalue weighted by Crippen LogP contribution is -2.41. The summed E-state index contributed by atoms with van der Waals surface area (Å²) in [4.78, 5) is 32.6. The van der Waals surface area contributed by atoms with E-state index in [0.29, 0.717) is 25.1 Å². The van der Waals surface area contributed by atoms with E-state index in [4.69, 9.17) is 0 Å². The number of nitrogens with zero attached hydrogens (tertiary/aromatic N) is 3. The van der Waals surface area contributed by atoms with Gasteiger partial charge in [0.15, 0.2) is 9.84 Å². The molecular weight excluding hydrogens is 354 g/mol. The Balaban J connectivity index is 2.17. The number of unbranched alkanes of at least 4 members (excludes halogenated alkanes) is 1. The predicted octanol–water partition coefficient (Wildman–Crippen LogP) is 1.60. The molecule has 8 heteroatoms. The van der Waals surface area contributed by atoms with E-state index in [0.717, 1.165) is 12.8 Å². The van der Waals surface area contributed by atoms with Crippen LogP contribution in [0.25, 0.3) is 0 Å². The van der Waals surface area contributed by atoms with E-state index in [2.05, 4.69) is 11.9 Å². The highest BCUT2D eigenvalue weighted by Gasteiger charge is 2.34. The van der Waals surface area contributed by atoms with Gasteiger partial charge in [0.1, 0.15) is 5.69 Å². The molecule has 0 radical (unpaired) electrons. The fraction of sp³-hybridized carbons (Fsp3) is 0.611. The van der Waals surface area contributed by atoms with E-state index in [1.165, 1.54) is 12.3 Å². The van der Waals surface area contributed by atoms with E-state index in [1.54, 1.807) is 22.9 Å². The summed E-state index contributed by atoms with van der Waals surface area (Å²) in [6.45, 7) is 4.93. The number of carbonyl (C=O) groups excluding carboxylic acids is 2. The Morgan fingerprint density at radius 2 is 2.00 bits per heavy atom. The predicted molar refractivity (Wildman–Crippen MR) is 99.9 cm³/mol. The van der Waals surface area contributed by atoms with Gasteiger partial charge in [-0.05, 0) is 31.9 Å². The summed E-state index contributed by atoms with van der Waals surface area (Å²) in [5, 5.41) is 0. The van der Waals surface area contributed by atoms with E-state index in [1.807, 2.05) is 6.92 Å². The molecule has 0 saturated carbocycles. The molecule has 0 aliphatic carbocycles. The first-order valence-electron chi connectivity index (χ1n) is 9.02. The highest BCUT2D eigenvalue weighted by Crippen LogP contribution is 2.20. The van der Waals surface area contributed by atoms with Crippen molar-refractivity contribution in [3.05, 3.63) is 29.6 Å². The first kappa shape index (κ1) is 20.4. The summed E-state index contributed by atoms with van der Waals surface area (Å²) in [5.74, 6) is -0.366. The normalized spacial score (nSPS) is 18.5. The minimum Gasteiger partial charge on any atom is -0.340 e. The highest BCUT2D eigenvalue weighted by atomic mass is 32.2. The Bertz CT molecular complexity index is 763. The first-order chi connectivity index (χ1) is 12.3. The number of aromatic nitrogens is 1. The van der Waals surface area contributed by atoms with Crippen molar-refractivity contribution in [2.75, 3.05) is 31.6 Å². The summed E-state index contributed by atoms with van der Waals surface area (Å²) < 4.78 is 23.5. The number of hydrogen-bond acceptors (Lipinski definition) is 5. The number of hydrogen-bond donors (Lipinski definition) is 0. The third-order valence-electron chi connectivity index (χ3n) is 4.67. The molecule has 7 nitrogen and oxygen atoms in total. The van der Waals surface area contributed by atoms with Crippen LogP contribution in [0.3, 0.4) is 0 Å². The summed E-state index contributed by atoms with van der Waals surface area (Å²) in [6.07, 6.45) is 3.80. The van der Waals surface area contributed by atoms with E-state index < -0.39 is 9.84 Å². The van der Waals surface area contributed by atoms with Crippen LogP contribution in [0.15, 0.2) is 18.3 Å². The van der Waals surface area contributed by atoms with Gasteiger partial charge in [0.05, 0.1) is 11.5 Å². The third-order valence-corrected chi connectivity index (χ3v) is 6.42. The topological polar surface area (TPSA) is 87.7 Å². The largest absolute Gasteiger partial charge is 0.340 e. The first-order valence-corrected chi connectivity index (χ1v) is 10.8. The molecule has 0 aromatic carbocycles. The second-order valence-corrected chi connectivity index (χ2v) is 8.89. The number of amides is 2. The standard InChI is InChI=1S/C18H27N3O4S/c1-4-6-10-20(3)18(23)16-12-14(7-9-19-16)17(22)21(5-2)15-8-11-26(24,25)13-15/h7,9,12,15H,4-6,8,10-11,13H2,1-3H3. The molecule has 0 N–H and O–H groups in total. The van der Waals surface area contributed by atoms with E-state index in [9.17, 15) is 18.0 Å². The molecule has 1 atom stereocenters. The van der Waals surface area contributed by atoms with Crippen molar-refractivity contribution in [2.24, 2.45) is 0 Å². The van der Waals surface area contributed by atoms with Crippen molar-refractivity contribution in [1.82, 2.24) is 14.8 Å². The zero-order valence-corrected chi connectivity index (χ0v) is 16.5. The van der Waals surface area contributed by atoms with Crippen LogP contribution in [-0.2, 0) is 9.84 Å². The fourth-order valence-corrected chi connectivity index (χ4v) is 4.86. The molecule has 144 valence electrons. The Kier molecular flexibility index (Phi) is 6.75. The van der Waals surface area contributed by atoms with Gasteiger partial charge in [0, 0.05) is 37.9 Å².